The number of aromatic nitrogens is 1. The van der Waals surface area contributed by atoms with Crippen molar-refractivity contribution < 1.29 is 0 Å². The van der Waals surface area contributed by atoms with E-state index in [9.17, 15) is 4.79 Å². The van der Waals surface area contributed by atoms with E-state index in [0.29, 0.717) is 5.69 Å². The second kappa shape index (κ2) is 8.21. The molecule has 18 heavy (non-hydrogen) atoms. The number of nitrogen functional groups attached to an aromatic ring is 1. The minimum absolute atomic E-state index is 0.0218. The second-order valence-corrected chi connectivity index (χ2v) is 5.36. The number of hydrogen-bond donors (Lipinski definition) is 1. The van der Waals surface area contributed by atoms with Crippen LogP contribution in [0.4, 0.5) is 5.69 Å². The predicted molar refractivity (Wildman–Crippen MR) is 80.2 cm³/mol. The molecule has 0 aromatic carbocycles. The minimum Gasteiger partial charge on any atom is -0.398 e. The molecule has 0 saturated heterocycles. The summed E-state index contributed by atoms with van der Waals surface area (Å²) in [7, 11) is 0. The summed E-state index contributed by atoms with van der Waals surface area (Å²) in [6.45, 7) is 8.41. The molecule has 0 fully saturated rings. The van der Waals surface area contributed by atoms with Crippen LogP contribution >= 0.6 is 11.8 Å². The van der Waals surface area contributed by atoms with Crippen LogP contribution in [-0.4, -0.2) is 40.6 Å². The first kappa shape index (κ1) is 15.1. The molecule has 1 aromatic rings. The zero-order valence-corrected chi connectivity index (χ0v) is 12.1. The van der Waals surface area contributed by atoms with Crippen molar-refractivity contribution in [2.75, 3.05) is 36.9 Å². The van der Waals surface area contributed by atoms with Crippen LogP contribution in [0.1, 0.15) is 13.8 Å². The number of hydrogen-bond acceptors (Lipinski definition) is 4. The fourth-order valence-corrected chi connectivity index (χ4v) is 2.64. The number of nitrogens with zero attached hydrogens (tertiary/aromatic N) is 2. The molecule has 0 spiro atoms. The van der Waals surface area contributed by atoms with Gasteiger partial charge in [0.2, 0.25) is 0 Å². The molecule has 0 radical (unpaired) electrons. The van der Waals surface area contributed by atoms with Crippen molar-refractivity contribution in [3.8, 4) is 0 Å². The van der Waals surface area contributed by atoms with Gasteiger partial charge in [0, 0.05) is 42.5 Å². The molecule has 0 aliphatic rings. The van der Waals surface area contributed by atoms with Gasteiger partial charge in [0.15, 0.2) is 0 Å². The summed E-state index contributed by atoms with van der Waals surface area (Å²) in [5, 5.41) is 0. The quantitative estimate of drug-likeness (QED) is 0.727. The highest BCUT2D eigenvalue weighted by molar-refractivity contribution is 7.99. The summed E-state index contributed by atoms with van der Waals surface area (Å²) < 4.78 is 1.68. The Morgan fingerprint density at radius 2 is 2.00 bits per heavy atom. The van der Waals surface area contributed by atoms with Gasteiger partial charge in [0.1, 0.15) is 0 Å². The SMILES string of the molecule is CCN(CC)CCSCCn1cc(N)ccc1=O. The second-order valence-electron chi connectivity index (χ2n) is 4.13. The monoisotopic (exact) mass is 269 g/mol. The van der Waals surface area contributed by atoms with Gasteiger partial charge in [0.05, 0.1) is 0 Å². The predicted octanol–water partition coefficient (Wildman–Crippen LogP) is 1.51. The van der Waals surface area contributed by atoms with Gasteiger partial charge in [-0.25, -0.2) is 0 Å². The molecule has 102 valence electrons. The van der Waals surface area contributed by atoms with E-state index < -0.39 is 0 Å². The highest BCUT2D eigenvalue weighted by Crippen LogP contribution is 2.03. The van der Waals surface area contributed by atoms with E-state index >= 15 is 0 Å². The van der Waals surface area contributed by atoms with Crippen LogP contribution in [0.25, 0.3) is 0 Å². The summed E-state index contributed by atoms with van der Waals surface area (Å²) in [6.07, 6.45) is 1.72. The first-order chi connectivity index (χ1) is 8.67. The van der Waals surface area contributed by atoms with Crippen LogP contribution in [-0.2, 0) is 6.54 Å². The van der Waals surface area contributed by atoms with E-state index in [1.54, 1.807) is 16.8 Å². The van der Waals surface area contributed by atoms with Crippen molar-refractivity contribution in [1.82, 2.24) is 9.47 Å². The van der Waals surface area contributed by atoms with Gasteiger partial charge in [-0.05, 0) is 19.2 Å². The zero-order valence-electron chi connectivity index (χ0n) is 11.3. The van der Waals surface area contributed by atoms with Crippen LogP contribution in [0.15, 0.2) is 23.1 Å². The lowest BCUT2D eigenvalue weighted by atomic mass is 10.4. The van der Waals surface area contributed by atoms with E-state index in [2.05, 4.69) is 18.7 Å². The molecule has 5 heteroatoms. The number of aryl methyl sites for hydroxylation is 1. The van der Waals surface area contributed by atoms with E-state index in [4.69, 9.17) is 5.73 Å². The summed E-state index contributed by atoms with van der Waals surface area (Å²) in [4.78, 5) is 13.9. The number of pyridine rings is 1. The van der Waals surface area contributed by atoms with Crippen molar-refractivity contribution in [3.63, 3.8) is 0 Å². The van der Waals surface area contributed by atoms with Gasteiger partial charge < -0.3 is 15.2 Å². The summed E-state index contributed by atoms with van der Waals surface area (Å²) in [6, 6.07) is 3.17. The van der Waals surface area contributed by atoms with Gasteiger partial charge in [-0.15, -0.1) is 0 Å². The zero-order chi connectivity index (χ0) is 13.4. The fraction of sp³-hybridized carbons (Fsp3) is 0.615. The smallest absolute Gasteiger partial charge is 0.250 e. The van der Waals surface area contributed by atoms with Crippen molar-refractivity contribution in [2.24, 2.45) is 0 Å². The van der Waals surface area contributed by atoms with Crippen LogP contribution in [0.3, 0.4) is 0 Å². The van der Waals surface area contributed by atoms with Gasteiger partial charge in [-0.1, -0.05) is 13.8 Å². The number of rotatable bonds is 8. The lowest BCUT2D eigenvalue weighted by Gasteiger charge is -2.17. The van der Waals surface area contributed by atoms with Crippen LogP contribution < -0.4 is 11.3 Å². The molecular formula is C13H23N3OS. The average molecular weight is 269 g/mol. The lowest BCUT2D eigenvalue weighted by molar-refractivity contribution is 0.324. The molecule has 0 amide bonds. The molecule has 0 unspecified atom stereocenters. The Bertz CT molecular complexity index is 401. The largest absolute Gasteiger partial charge is 0.398 e. The van der Waals surface area contributed by atoms with E-state index in [1.807, 2.05) is 11.8 Å². The molecule has 4 nitrogen and oxygen atoms in total. The molecule has 2 N–H and O–H groups in total. The normalized spacial score (nSPS) is 11.1. The Kier molecular flexibility index (Phi) is 6.90. The van der Waals surface area contributed by atoms with Crippen LogP contribution in [0.5, 0.6) is 0 Å². The maximum atomic E-state index is 11.5. The average Bonchev–Trinajstić information content (AvgIpc) is 2.38. The third-order valence-electron chi connectivity index (χ3n) is 2.93. The summed E-state index contributed by atoms with van der Waals surface area (Å²) >= 11 is 1.88. The topological polar surface area (TPSA) is 51.3 Å². The minimum atomic E-state index is 0.0218. The van der Waals surface area contributed by atoms with Crippen molar-refractivity contribution in [1.29, 1.82) is 0 Å². The number of thioether (sulfide) groups is 1. The molecule has 1 aromatic heterocycles. The Balaban J connectivity index is 2.25. The van der Waals surface area contributed by atoms with Crippen molar-refractivity contribution in [2.45, 2.75) is 20.4 Å². The van der Waals surface area contributed by atoms with E-state index in [0.717, 1.165) is 37.7 Å². The van der Waals surface area contributed by atoms with Crippen molar-refractivity contribution >= 4 is 17.4 Å². The van der Waals surface area contributed by atoms with Gasteiger partial charge >= 0.3 is 0 Å². The lowest BCUT2D eigenvalue weighted by Crippen LogP contribution is -2.25. The molecule has 0 atom stereocenters. The highest BCUT2D eigenvalue weighted by Gasteiger charge is 1.99. The number of nitrogens with two attached hydrogens (primary N) is 1. The standard InChI is InChI=1S/C13H23N3OS/c1-3-15(4-2)7-9-18-10-8-16-11-12(14)5-6-13(16)17/h5-6,11H,3-4,7-10,14H2,1-2H3. The fourth-order valence-electron chi connectivity index (χ4n) is 1.72. The highest BCUT2D eigenvalue weighted by atomic mass is 32.2. The third kappa shape index (κ3) is 5.14. The molecule has 0 aliphatic carbocycles. The van der Waals surface area contributed by atoms with Crippen molar-refractivity contribution in [3.05, 3.63) is 28.7 Å². The van der Waals surface area contributed by atoms with Gasteiger partial charge in [0.25, 0.3) is 5.56 Å². The van der Waals surface area contributed by atoms with E-state index in [1.165, 1.54) is 6.07 Å². The van der Waals surface area contributed by atoms with Gasteiger partial charge in [-0.3, -0.25) is 4.79 Å². The molecule has 0 aliphatic heterocycles. The first-order valence-corrected chi connectivity index (χ1v) is 7.59. The van der Waals surface area contributed by atoms with Crippen LogP contribution in [0.2, 0.25) is 0 Å². The molecule has 0 bridgehead atoms. The van der Waals surface area contributed by atoms with Crippen LogP contribution in [0, 0.1) is 0 Å². The maximum Gasteiger partial charge on any atom is 0.250 e. The Labute approximate surface area is 113 Å². The summed E-state index contributed by atoms with van der Waals surface area (Å²) in [5.74, 6) is 2.06. The molecule has 0 saturated carbocycles. The Hall–Kier alpha value is -0.940. The molecule has 1 rings (SSSR count). The number of anilines is 1. The third-order valence-corrected chi connectivity index (χ3v) is 3.87. The van der Waals surface area contributed by atoms with Gasteiger partial charge in [-0.2, -0.15) is 11.8 Å². The maximum absolute atomic E-state index is 11.5. The summed E-state index contributed by atoms with van der Waals surface area (Å²) in [5.41, 5.74) is 6.32. The Morgan fingerprint density at radius 3 is 2.67 bits per heavy atom. The first-order valence-electron chi connectivity index (χ1n) is 6.43. The Morgan fingerprint density at radius 1 is 1.28 bits per heavy atom. The molecular weight excluding hydrogens is 246 g/mol. The molecule has 1 heterocycles. The van der Waals surface area contributed by atoms with E-state index in [-0.39, 0.29) is 5.56 Å².